The van der Waals surface area contributed by atoms with Gasteiger partial charge in [0.05, 0.1) is 0 Å². The lowest BCUT2D eigenvalue weighted by atomic mass is 10.0. The Labute approximate surface area is 119 Å². The summed E-state index contributed by atoms with van der Waals surface area (Å²) in [4.78, 5) is 25.8. The van der Waals surface area contributed by atoms with Crippen molar-refractivity contribution >= 4 is 11.8 Å². The summed E-state index contributed by atoms with van der Waals surface area (Å²) in [7, 11) is 0. The molecule has 0 spiro atoms. The van der Waals surface area contributed by atoms with Gasteiger partial charge in [0.15, 0.2) is 0 Å². The van der Waals surface area contributed by atoms with Crippen LogP contribution in [0.4, 0.5) is 0 Å². The molecule has 1 aliphatic rings. The van der Waals surface area contributed by atoms with E-state index < -0.39 is 0 Å². The van der Waals surface area contributed by atoms with E-state index in [0.717, 1.165) is 5.56 Å². The molecular weight excluding hydrogens is 254 g/mol. The molecule has 2 amide bonds. The molecule has 1 saturated heterocycles. The number of carbonyl (C=O) groups excluding carboxylic acids is 2. The van der Waals surface area contributed by atoms with Gasteiger partial charge in [-0.05, 0) is 12.0 Å². The van der Waals surface area contributed by atoms with Crippen LogP contribution in [0.25, 0.3) is 0 Å². The predicted molar refractivity (Wildman–Crippen MR) is 76.8 cm³/mol. The van der Waals surface area contributed by atoms with Crippen LogP contribution in [0.15, 0.2) is 30.3 Å². The minimum Gasteiger partial charge on any atom is -0.353 e. The van der Waals surface area contributed by atoms with Crippen molar-refractivity contribution in [1.29, 1.82) is 0 Å². The number of piperazine rings is 1. The number of hydrogen-bond acceptors (Lipinski definition) is 3. The van der Waals surface area contributed by atoms with Gasteiger partial charge < -0.3 is 16.0 Å². The largest absolute Gasteiger partial charge is 0.353 e. The van der Waals surface area contributed by atoms with Gasteiger partial charge in [0.25, 0.3) is 0 Å². The zero-order valence-electron chi connectivity index (χ0n) is 11.7. The van der Waals surface area contributed by atoms with Crippen LogP contribution < -0.4 is 11.1 Å². The lowest BCUT2D eigenvalue weighted by Gasteiger charge is -2.35. The SMILES string of the molecule is CCC1C(=O)NCCN1C(=O)CC(N)c1ccccc1. The molecular formula is C15H21N3O2. The summed E-state index contributed by atoms with van der Waals surface area (Å²) in [6.45, 7) is 2.99. The topological polar surface area (TPSA) is 75.4 Å². The molecule has 0 bridgehead atoms. The highest BCUT2D eigenvalue weighted by atomic mass is 16.2. The first-order chi connectivity index (χ1) is 9.63. The second-order valence-electron chi connectivity index (χ2n) is 5.02. The van der Waals surface area contributed by atoms with E-state index in [9.17, 15) is 9.59 Å². The lowest BCUT2D eigenvalue weighted by molar-refractivity contribution is -0.143. The van der Waals surface area contributed by atoms with E-state index in [1.54, 1.807) is 4.90 Å². The van der Waals surface area contributed by atoms with Crippen LogP contribution >= 0.6 is 0 Å². The highest BCUT2D eigenvalue weighted by Crippen LogP contribution is 2.17. The van der Waals surface area contributed by atoms with Gasteiger partial charge >= 0.3 is 0 Å². The summed E-state index contributed by atoms with van der Waals surface area (Å²) in [5.41, 5.74) is 7.02. The molecule has 20 heavy (non-hydrogen) atoms. The molecule has 1 aromatic carbocycles. The third kappa shape index (κ3) is 3.17. The fourth-order valence-electron chi connectivity index (χ4n) is 2.54. The molecule has 2 rings (SSSR count). The van der Waals surface area contributed by atoms with Crippen molar-refractivity contribution in [2.24, 2.45) is 5.73 Å². The maximum absolute atomic E-state index is 12.4. The van der Waals surface area contributed by atoms with Crippen LogP contribution in [0.1, 0.15) is 31.4 Å². The summed E-state index contributed by atoms with van der Waals surface area (Å²) in [5.74, 6) is -0.122. The quantitative estimate of drug-likeness (QED) is 0.854. The van der Waals surface area contributed by atoms with Crippen molar-refractivity contribution in [2.75, 3.05) is 13.1 Å². The Balaban J connectivity index is 2.02. The van der Waals surface area contributed by atoms with E-state index in [-0.39, 0.29) is 30.3 Å². The Kier molecular flexibility index (Phi) is 4.74. The minimum absolute atomic E-state index is 0.0527. The van der Waals surface area contributed by atoms with E-state index in [1.165, 1.54) is 0 Å². The average Bonchev–Trinajstić information content (AvgIpc) is 2.47. The van der Waals surface area contributed by atoms with Crippen LogP contribution in [-0.2, 0) is 9.59 Å². The Morgan fingerprint density at radius 1 is 1.45 bits per heavy atom. The fraction of sp³-hybridized carbons (Fsp3) is 0.467. The number of amides is 2. The van der Waals surface area contributed by atoms with Crippen LogP contribution in [0, 0.1) is 0 Å². The van der Waals surface area contributed by atoms with Crippen molar-refractivity contribution in [3.8, 4) is 0 Å². The number of nitrogens with two attached hydrogens (primary N) is 1. The molecule has 0 aromatic heterocycles. The van der Waals surface area contributed by atoms with E-state index in [4.69, 9.17) is 5.73 Å². The van der Waals surface area contributed by atoms with Crippen molar-refractivity contribution in [1.82, 2.24) is 10.2 Å². The van der Waals surface area contributed by atoms with Crippen molar-refractivity contribution in [3.05, 3.63) is 35.9 Å². The van der Waals surface area contributed by atoms with Gasteiger partial charge in [-0.25, -0.2) is 0 Å². The normalized spacial score (nSPS) is 20.4. The van der Waals surface area contributed by atoms with E-state index in [1.807, 2.05) is 37.3 Å². The first-order valence-electron chi connectivity index (χ1n) is 7.01. The maximum atomic E-state index is 12.4. The number of hydrogen-bond donors (Lipinski definition) is 2. The van der Waals surface area contributed by atoms with Gasteiger partial charge in [0, 0.05) is 25.6 Å². The van der Waals surface area contributed by atoms with Gasteiger partial charge in [0.1, 0.15) is 6.04 Å². The van der Waals surface area contributed by atoms with Crippen LogP contribution in [0.3, 0.4) is 0 Å². The van der Waals surface area contributed by atoms with Gasteiger partial charge in [-0.1, -0.05) is 37.3 Å². The van der Waals surface area contributed by atoms with Crippen LogP contribution in [-0.4, -0.2) is 35.8 Å². The molecule has 1 aromatic rings. The summed E-state index contributed by atoms with van der Waals surface area (Å²) < 4.78 is 0. The molecule has 3 N–H and O–H groups in total. The maximum Gasteiger partial charge on any atom is 0.242 e. The van der Waals surface area contributed by atoms with Gasteiger partial charge in [-0.15, -0.1) is 0 Å². The highest BCUT2D eigenvalue weighted by Gasteiger charge is 2.32. The average molecular weight is 275 g/mol. The first-order valence-corrected chi connectivity index (χ1v) is 7.01. The number of nitrogens with zero attached hydrogens (tertiary/aromatic N) is 1. The zero-order valence-corrected chi connectivity index (χ0v) is 11.7. The van der Waals surface area contributed by atoms with E-state index >= 15 is 0 Å². The Bertz CT molecular complexity index is 475. The monoisotopic (exact) mass is 275 g/mol. The summed E-state index contributed by atoms with van der Waals surface area (Å²) >= 11 is 0. The number of benzene rings is 1. The molecule has 0 aliphatic carbocycles. The summed E-state index contributed by atoms with van der Waals surface area (Å²) in [6.07, 6.45) is 0.853. The number of rotatable bonds is 4. The van der Waals surface area contributed by atoms with Gasteiger partial charge in [0.2, 0.25) is 11.8 Å². The van der Waals surface area contributed by atoms with Crippen LogP contribution in [0.5, 0.6) is 0 Å². The minimum atomic E-state index is -0.362. The van der Waals surface area contributed by atoms with Gasteiger partial charge in [-0.3, -0.25) is 9.59 Å². The van der Waals surface area contributed by atoms with Crippen LogP contribution in [0.2, 0.25) is 0 Å². The third-order valence-corrected chi connectivity index (χ3v) is 3.66. The lowest BCUT2D eigenvalue weighted by Crippen LogP contribution is -2.57. The number of carbonyl (C=O) groups is 2. The molecule has 5 nitrogen and oxygen atoms in total. The van der Waals surface area contributed by atoms with E-state index in [2.05, 4.69) is 5.32 Å². The summed E-state index contributed by atoms with van der Waals surface area (Å²) in [6, 6.07) is 8.87. The number of nitrogens with one attached hydrogen (secondary N) is 1. The fourth-order valence-corrected chi connectivity index (χ4v) is 2.54. The standard InChI is InChI=1S/C15H21N3O2/c1-2-13-15(20)17-8-9-18(13)14(19)10-12(16)11-6-4-3-5-7-11/h3-7,12-13H,2,8-10,16H2,1H3,(H,17,20). The molecule has 2 unspecified atom stereocenters. The summed E-state index contributed by atoms with van der Waals surface area (Å²) in [5, 5.41) is 2.79. The van der Waals surface area contributed by atoms with Gasteiger partial charge in [-0.2, -0.15) is 0 Å². The molecule has 0 saturated carbocycles. The predicted octanol–water partition coefficient (Wildman–Crippen LogP) is 0.814. The Hall–Kier alpha value is -1.88. The molecule has 1 heterocycles. The molecule has 1 aliphatic heterocycles. The second kappa shape index (κ2) is 6.52. The highest BCUT2D eigenvalue weighted by molar-refractivity contribution is 5.89. The van der Waals surface area contributed by atoms with Crippen molar-refractivity contribution in [2.45, 2.75) is 31.8 Å². The molecule has 108 valence electrons. The first kappa shape index (κ1) is 14.5. The Morgan fingerprint density at radius 2 is 2.15 bits per heavy atom. The molecule has 2 atom stereocenters. The molecule has 0 radical (unpaired) electrons. The second-order valence-corrected chi connectivity index (χ2v) is 5.02. The third-order valence-electron chi connectivity index (χ3n) is 3.66. The van der Waals surface area contributed by atoms with Crippen molar-refractivity contribution < 1.29 is 9.59 Å². The zero-order chi connectivity index (χ0) is 14.5. The molecule has 5 heteroatoms. The Morgan fingerprint density at radius 3 is 2.80 bits per heavy atom. The smallest absolute Gasteiger partial charge is 0.242 e. The molecule has 1 fully saturated rings. The van der Waals surface area contributed by atoms with Crippen molar-refractivity contribution in [3.63, 3.8) is 0 Å². The van der Waals surface area contributed by atoms with E-state index in [0.29, 0.717) is 19.5 Å².